The van der Waals surface area contributed by atoms with E-state index in [0.717, 1.165) is 0 Å². The number of aliphatic carboxylic acids is 1. The van der Waals surface area contributed by atoms with Gasteiger partial charge in [0.1, 0.15) is 6.54 Å². The molecule has 1 aliphatic rings. The molecule has 0 radical (unpaired) electrons. The second kappa shape index (κ2) is 4.23. The molecule has 1 rings (SSSR count). The lowest BCUT2D eigenvalue weighted by atomic mass is 10.0. The predicted molar refractivity (Wildman–Crippen MR) is 44.2 cm³/mol. The van der Waals surface area contributed by atoms with Crippen LogP contribution in [0.15, 0.2) is 0 Å². The van der Waals surface area contributed by atoms with E-state index in [1.165, 1.54) is 11.9 Å². The van der Waals surface area contributed by atoms with Crippen LogP contribution in [-0.4, -0.2) is 48.7 Å². The van der Waals surface area contributed by atoms with Crippen LogP contribution in [-0.2, 0) is 14.3 Å². The van der Waals surface area contributed by atoms with Crippen LogP contribution in [0.5, 0.6) is 0 Å². The third-order valence-corrected chi connectivity index (χ3v) is 1.97. The van der Waals surface area contributed by atoms with Crippen molar-refractivity contribution in [3.05, 3.63) is 0 Å². The standard InChI is InChI=1S/C8H13NO4/c1-9(3-8(11)12)7(10)2-6-4-13-5-6/h6H,2-5H2,1H3,(H,11,12). The molecule has 0 spiro atoms. The molecule has 13 heavy (non-hydrogen) atoms. The van der Waals surface area contributed by atoms with Crippen molar-refractivity contribution in [3.63, 3.8) is 0 Å². The highest BCUT2D eigenvalue weighted by Gasteiger charge is 2.23. The lowest BCUT2D eigenvalue weighted by molar-refractivity contribution is -0.145. The number of rotatable bonds is 4. The van der Waals surface area contributed by atoms with Crippen molar-refractivity contribution in [2.45, 2.75) is 6.42 Å². The number of likely N-dealkylation sites (N-methyl/N-ethyl adjacent to an activating group) is 1. The molecule has 1 amide bonds. The molecule has 1 saturated heterocycles. The number of amides is 1. The highest BCUT2D eigenvalue weighted by molar-refractivity contribution is 5.81. The van der Waals surface area contributed by atoms with Crippen molar-refractivity contribution in [3.8, 4) is 0 Å². The molecule has 0 aromatic carbocycles. The Bertz CT molecular complexity index is 212. The monoisotopic (exact) mass is 187 g/mol. The minimum Gasteiger partial charge on any atom is -0.480 e. The topological polar surface area (TPSA) is 66.8 Å². The molecule has 5 nitrogen and oxygen atoms in total. The van der Waals surface area contributed by atoms with Crippen LogP contribution >= 0.6 is 0 Å². The number of ether oxygens (including phenoxy) is 1. The highest BCUT2D eigenvalue weighted by atomic mass is 16.5. The van der Waals surface area contributed by atoms with Gasteiger partial charge in [-0.3, -0.25) is 9.59 Å². The number of hydrogen-bond donors (Lipinski definition) is 1. The molecule has 0 aliphatic carbocycles. The van der Waals surface area contributed by atoms with E-state index < -0.39 is 5.97 Å². The van der Waals surface area contributed by atoms with E-state index in [0.29, 0.717) is 19.6 Å². The van der Waals surface area contributed by atoms with Crippen molar-refractivity contribution in [2.75, 3.05) is 26.8 Å². The zero-order valence-corrected chi connectivity index (χ0v) is 7.52. The van der Waals surface area contributed by atoms with E-state index in [4.69, 9.17) is 9.84 Å². The molecule has 0 unspecified atom stereocenters. The fraction of sp³-hybridized carbons (Fsp3) is 0.750. The molecule has 74 valence electrons. The van der Waals surface area contributed by atoms with Crippen LogP contribution < -0.4 is 0 Å². The Hall–Kier alpha value is -1.10. The van der Waals surface area contributed by atoms with E-state index in [1.807, 2.05) is 0 Å². The lowest BCUT2D eigenvalue weighted by Gasteiger charge is -2.26. The predicted octanol–water partition coefficient (Wildman–Crippen LogP) is -0.434. The van der Waals surface area contributed by atoms with Gasteiger partial charge in [0.15, 0.2) is 0 Å². The largest absolute Gasteiger partial charge is 0.480 e. The van der Waals surface area contributed by atoms with Crippen molar-refractivity contribution >= 4 is 11.9 Å². The minimum absolute atomic E-state index is 0.129. The van der Waals surface area contributed by atoms with Crippen LogP contribution in [0.1, 0.15) is 6.42 Å². The second-order valence-electron chi connectivity index (χ2n) is 3.25. The summed E-state index contributed by atoms with van der Waals surface area (Å²) in [5.41, 5.74) is 0. The third kappa shape index (κ3) is 3.02. The van der Waals surface area contributed by atoms with E-state index in [9.17, 15) is 9.59 Å². The minimum atomic E-state index is -0.985. The number of carbonyl (C=O) groups is 2. The zero-order chi connectivity index (χ0) is 9.84. The molecule has 0 saturated carbocycles. The first kappa shape index (κ1) is 9.98. The fourth-order valence-electron chi connectivity index (χ4n) is 1.10. The molecule has 0 bridgehead atoms. The van der Waals surface area contributed by atoms with Crippen molar-refractivity contribution in [2.24, 2.45) is 5.92 Å². The van der Waals surface area contributed by atoms with Gasteiger partial charge in [0.25, 0.3) is 0 Å². The summed E-state index contributed by atoms with van der Waals surface area (Å²) in [5.74, 6) is -0.833. The summed E-state index contributed by atoms with van der Waals surface area (Å²) in [6.07, 6.45) is 0.393. The number of hydrogen-bond acceptors (Lipinski definition) is 3. The quantitative estimate of drug-likeness (QED) is 0.648. The zero-order valence-electron chi connectivity index (χ0n) is 7.52. The van der Waals surface area contributed by atoms with E-state index in [1.54, 1.807) is 0 Å². The van der Waals surface area contributed by atoms with Crippen molar-refractivity contribution in [1.82, 2.24) is 4.90 Å². The number of carboxylic acid groups (broad SMARTS) is 1. The molecule has 1 heterocycles. The number of carboxylic acids is 1. The smallest absolute Gasteiger partial charge is 0.323 e. The van der Waals surface area contributed by atoms with Gasteiger partial charge in [0.05, 0.1) is 13.2 Å². The maximum atomic E-state index is 11.3. The van der Waals surface area contributed by atoms with Crippen LogP contribution in [0.2, 0.25) is 0 Å². The SMILES string of the molecule is CN(CC(=O)O)C(=O)CC1COC1. The summed E-state index contributed by atoms with van der Waals surface area (Å²) in [6, 6.07) is 0. The first-order valence-corrected chi connectivity index (χ1v) is 4.13. The van der Waals surface area contributed by atoms with Crippen LogP contribution in [0, 0.1) is 5.92 Å². The first-order valence-electron chi connectivity index (χ1n) is 4.13. The lowest BCUT2D eigenvalue weighted by Crippen LogP contribution is -2.37. The maximum Gasteiger partial charge on any atom is 0.323 e. The Labute approximate surface area is 76.3 Å². The Balaban J connectivity index is 2.24. The van der Waals surface area contributed by atoms with Gasteiger partial charge in [-0.25, -0.2) is 0 Å². The van der Waals surface area contributed by atoms with Crippen molar-refractivity contribution < 1.29 is 19.4 Å². The van der Waals surface area contributed by atoms with E-state index in [2.05, 4.69) is 0 Å². The van der Waals surface area contributed by atoms with Gasteiger partial charge in [-0.05, 0) is 0 Å². The van der Waals surface area contributed by atoms with Gasteiger partial charge < -0.3 is 14.7 Å². The summed E-state index contributed by atoms with van der Waals surface area (Å²) in [4.78, 5) is 22.8. The van der Waals surface area contributed by atoms with Gasteiger partial charge in [-0.15, -0.1) is 0 Å². The Morgan fingerprint density at radius 3 is 2.54 bits per heavy atom. The van der Waals surface area contributed by atoms with Crippen LogP contribution in [0.4, 0.5) is 0 Å². The van der Waals surface area contributed by atoms with Gasteiger partial charge in [0, 0.05) is 19.4 Å². The Morgan fingerprint density at radius 1 is 1.54 bits per heavy atom. The van der Waals surface area contributed by atoms with Crippen molar-refractivity contribution in [1.29, 1.82) is 0 Å². The van der Waals surface area contributed by atoms with Gasteiger partial charge in [-0.2, -0.15) is 0 Å². The average Bonchev–Trinajstić information content (AvgIpc) is 1.94. The van der Waals surface area contributed by atoms with Gasteiger partial charge in [-0.1, -0.05) is 0 Å². The Morgan fingerprint density at radius 2 is 2.15 bits per heavy atom. The molecular weight excluding hydrogens is 174 g/mol. The summed E-state index contributed by atoms with van der Waals surface area (Å²) < 4.78 is 4.91. The van der Waals surface area contributed by atoms with Gasteiger partial charge >= 0.3 is 5.97 Å². The maximum absolute atomic E-state index is 11.3. The molecule has 0 atom stereocenters. The van der Waals surface area contributed by atoms with E-state index in [-0.39, 0.29) is 18.4 Å². The normalized spacial score (nSPS) is 16.4. The molecule has 0 aromatic rings. The average molecular weight is 187 g/mol. The van der Waals surface area contributed by atoms with Crippen LogP contribution in [0.25, 0.3) is 0 Å². The molecule has 1 N–H and O–H groups in total. The molecule has 5 heteroatoms. The summed E-state index contributed by atoms with van der Waals surface area (Å²) in [5, 5.41) is 8.42. The molecular formula is C8H13NO4. The number of carbonyl (C=O) groups excluding carboxylic acids is 1. The molecule has 1 fully saturated rings. The molecule has 1 aliphatic heterocycles. The third-order valence-electron chi connectivity index (χ3n) is 1.97. The summed E-state index contributed by atoms with van der Waals surface area (Å²) in [7, 11) is 1.50. The molecule has 0 aromatic heterocycles. The second-order valence-corrected chi connectivity index (χ2v) is 3.25. The summed E-state index contributed by atoms with van der Waals surface area (Å²) >= 11 is 0. The Kier molecular flexibility index (Phi) is 3.25. The van der Waals surface area contributed by atoms with Gasteiger partial charge in [0.2, 0.25) is 5.91 Å². The van der Waals surface area contributed by atoms with Crippen LogP contribution in [0.3, 0.4) is 0 Å². The first-order chi connectivity index (χ1) is 6.09. The highest BCUT2D eigenvalue weighted by Crippen LogP contribution is 2.14. The van der Waals surface area contributed by atoms with E-state index >= 15 is 0 Å². The fourth-order valence-corrected chi connectivity index (χ4v) is 1.10. The number of nitrogens with zero attached hydrogens (tertiary/aromatic N) is 1. The summed E-state index contributed by atoms with van der Waals surface area (Å²) in [6.45, 7) is 1.01.